The minimum absolute atomic E-state index is 0.291. The van der Waals surface area contributed by atoms with Crippen LogP contribution in [0.3, 0.4) is 0 Å². The van der Waals surface area contributed by atoms with Crippen LogP contribution < -0.4 is 11.5 Å². The van der Waals surface area contributed by atoms with Gasteiger partial charge in [-0.2, -0.15) is 0 Å². The summed E-state index contributed by atoms with van der Waals surface area (Å²) in [5, 5.41) is 8.42. The smallest absolute Gasteiger partial charge is 0.320 e. The monoisotopic (exact) mass is 217 g/mol. The van der Waals surface area contributed by atoms with Crippen molar-refractivity contribution in [2.24, 2.45) is 16.5 Å². The maximum Gasteiger partial charge on any atom is 0.320 e. The topological polar surface area (TPSA) is 102 Å². The number of nitrogens with zero attached hydrogens (tertiary/aromatic N) is 1. The molecule has 0 unspecified atom stereocenters. The van der Waals surface area contributed by atoms with Crippen LogP contribution in [0.4, 0.5) is 4.39 Å². The van der Waals surface area contributed by atoms with Gasteiger partial charge >= 0.3 is 5.97 Å². The molecule has 0 heterocycles. The van der Waals surface area contributed by atoms with E-state index < -0.39 is 17.8 Å². The van der Waals surface area contributed by atoms with Crippen LogP contribution in [0.1, 0.15) is 19.8 Å². The maximum atomic E-state index is 13.0. The molecule has 0 spiro atoms. The highest BCUT2D eigenvalue weighted by atomic mass is 19.1. The summed E-state index contributed by atoms with van der Waals surface area (Å²) in [5.74, 6) is -1.31. The summed E-state index contributed by atoms with van der Waals surface area (Å²) >= 11 is 0. The highest BCUT2D eigenvalue weighted by Gasteiger charge is 2.12. The lowest BCUT2D eigenvalue weighted by Gasteiger charge is -2.03. The highest BCUT2D eigenvalue weighted by molar-refractivity contribution is 5.77. The van der Waals surface area contributed by atoms with Crippen LogP contribution in [0.2, 0.25) is 0 Å². The molecule has 0 bridgehead atoms. The van der Waals surface area contributed by atoms with Crippen LogP contribution in [0, 0.1) is 0 Å². The standard InChI is InChI=1S/C9H16FN3O2/c1-6(11)13-4-2-3-7(10)5-8(12)9(14)15/h3,8H,2,4-5,12H2,1H3,(H2,11,13)(H,14,15)/b7-3+/t8-/m0/s1. The zero-order valence-corrected chi connectivity index (χ0v) is 8.61. The van der Waals surface area contributed by atoms with Crippen LogP contribution in [0.15, 0.2) is 16.9 Å². The van der Waals surface area contributed by atoms with E-state index in [-0.39, 0.29) is 6.42 Å². The molecule has 0 saturated carbocycles. The van der Waals surface area contributed by atoms with Crippen molar-refractivity contribution < 1.29 is 14.3 Å². The van der Waals surface area contributed by atoms with Gasteiger partial charge in [0.25, 0.3) is 0 Å². The Morgan fingerprint density at radius 3 is 2.73 bits per heavy atom. The highest BCUT2D eigenvalue weighted by Crippen LogP contribution is 2.07. The first-order valence-electron chi connectivity index (χ1n) is 4.53. The van der Waals surface area contributed by atoms with E-state index in [0.29, 0.717) is 18.8 Å². The SMILES string of the molecule is CC(N)=NCC/C=C(/F)C[C@H](N)C(=O)O. The second kappa shape index (κ2) is 6.94. The Labute approximate surface area is 87.7 Å². The Morgan fingerprint density at radius 1 is 1.67 bits per heavy atom. The second-order valence-corrected chi connectivity index (χ2v) is 3.11. The van der Waals surface area contributed by atoms with Crippen molar-refractivity contribution in [3.05, 3.63) is 11.9 Å². The van der Waals surface area contributed by atoms with Gasteiger partial charge in [0, 0.05) is 13.0 Å². The Hall–Kier alpha value is -1.43. The average Bonchev–Trinajstić information content (AvgIpc) is 2.12. The van der Waals surface area contributed by atoms with Crippen LogP contribution in [-0.2, 0) is 4.79 Å². The number of hydrogen-bond donors (Lipinski definition) is 3. The molecule has 0 aromatic carbocycles. The van der Waals surface area contributed by atoms with Gasteiger partial charge in [-0.1, -0.05) is 6.08 Å². The summed E-state index contributed by atoms with van der Waals surface area (Å²) in [7, 11) is 0. The quantitative estimate of drug-likeness (QED) is 0.340. The lowest BCUT2D eigenvalue weighted by Crippen LogP contribution is -2.29. The molecular formula is C9H16FN3O2. The fourth-order valence-corrected chi connectivity index (χ4v) is 0.843. The first-order chi connectivity index (χ1) is 6.93. The van der Waals surface area contributed by atoms with Gasteiger partial charge in [0.2, 0.25) is 0 Å². The van der Waals surface area contributed by atoms with Crippen LogP contribution in [0.5, 0.6) is 0 Å². The molecule has 0 fully saturated rings. The van der Waals surface area contributed by atoms with Crippen molar-refractivity contribution >= 4 is 11.8 Å². The lowest BCUT2D eigenvalue weighted by atomic mass is 10.2. The number of carboxylic acids is 1. The number of carbonyl (C=O) groups is 1. The molecule has 0 rings (SSSR count). The van der Waals surface area contributed by atoms with Gasteiger partial charge in [0.1, 0.15) is 6.04 Å². The summed E-state index contributed by atoms with van der Waals surface area (Å²) in [5.41, 5.74) is 10.4. The molecule has 0 aromatic rings. The third-order valence-electron chi connectivity index (χ3n) is 1.59. The number of hydrogen-bond acceptors (Lipinski definition) is 3. The Bertz CT molecular complexity index is 273. The van der Waals surface area contributed by atoms with Crippen molar-refractivity contribution in [3.63, 3.8) is 0 Å². The number of amidine groups is 1. The zero-order chi connectivity index (χ0) is 11.8. The molecule has 0 aliphatic carbocycles. The van der Waals surface area contributed by atoms with E-state index in [9.17, 15) is 9.18 Å². The fourth-order valence-electron chi connectivity index (χ4n) is 0.843. The van der Waals surface area contributed by atoms with Crippen molar-refractivity contribution in [2.75, 3.05) is 6.54 Å². The predicted octanol–water partition coefficient (Wildman–Crippen LogP) is 0.409. The molecule has 6 heteroatoms. The Kier molecular flexibility index (Phi) is 6.28. The molecule has 0 aliphatic rings. The zero-order valence-electron chi connectivity index (χ0n) is 8.61. The van der Waals surface area contributed by atoms with Crippen molar-refractivity contribution in [3.8, 4) is 0 Å². The molecule has 0 aliphatic heterocycles. The first kappa shape index (κ1) is 13.6. The van der Waals surface area contributed by atoms with Crippen LogP contribution in [0.25, 0.3) is 0 Å². The number of aliphatic carboxylic acids is 1. The Morgan fingerprint density at radius 2 is 2.27 bits per heavy atom. The van der Waals surface area contributed by atoms with Crippen molar-refractivity contribution in [1.29, 1.82) is 0 Å². The molecular weight excluding hydrogens is 201 g/mol. The second-order valence-electron chi connectivity index (χ2n) is 3.11. The number of halogens is 1. The molecule has 15 heavy (non-hydrogen) atoms. The summed E-state index contributed by atoms with van der Waals surface area (Å²) < 4.78 is 13.0. The van der Waals surface area contributed by atoms with E-state index in [2.05, 4.69) is 4.99 Å². The third-order valence-corrected chi connectivity index (χ3v) is 1.59. The van der Waals surface area contributed by atoms with Crippen LogP contribution in [-0.4, -0.2) is 29.5 Å². The summed E-state index contributed by atoms with van der Waals surface area (Å²) in [4.78, 5) is 14.1. The Balaban J connectivity index is 3.89. The fraction of sp³-hybridized carbons (Fsp3) is 0.556. The summed E-state index contributed by atoms with van der Waals surface area (Å²) in [6.07, 6.45) is 1.36. The predicted molar refractivity (Wildman–Crippen MR) is 56.2 cm³/mol. The minimum Gasteiger partial charge on any atom is -0.480 e. The molecule has 0 saturated heterocycles. The van der Waals surface area contributed by atoms with Crippen LogP contribution >= 0.6 is 0 Å². The van der Waals surface area contributed by atoms with Gasteiger partial charge in [0.05, 0.1) is 11.7 Å². The van der Waals surface area contributed by atoms with E-state index in [1.54, 1.807) is 6.92 Å². The van der Waals surface area contributed by atoms with E-state index >= 15 is 0 Å². The average molecular weight is 217 g/mol. The maximum absolute atomic E-state index is 13.0. The molecule has 0 amide bonds. The summed E-state index contributed by atoms with van der Waals surface area (Å²) in [6, 6.07) is -1.19. The normalized spacial score (nSPS) is 15.1. The number of carboxylic acid groups (broad SMARTS) is 1. The molecule has 0 aromatic heterocycles. The minimum atomic E-state index is -1.21. The van der Waals surface area contributed by atoms with Gasteiger partial charge in [0.15, 0.2) is 0 Å². The number of nitrogens with two attached hydrogens (primary N) is 2. The largest absolute Gasteiger partial charge is 0.480 e. The molecule has 5 N–H and O–H groups in total. The van der Waals surface area contributed by atoms with E-state index in [0.717, 1.165) is 0 Å². The van der Waals surface area contributed by atoms with Crippen molar-refractivity contribution in [1.82, 2.24) is 0 Å². The summed E-state index contributed by atoms with van der Waals surface area (Å²) in [6.45, 7) is 2.03. The van der Waals surface area contributed by atoms with E-state index in [1.165, 1.54) is 6.08 Å². The van der Waals surface area contributed by atoms with E-state index in [1.807, 2.05) is 0 Å². The first-order valence-corrected chi connectivity index (χ1v) is 4.53. The molecule has 1 atom stereocenters. The van der Waals surface area contributed by atoms with Crippen molar-refractivity contribution in [2.45, 2.75) is 25.8 Å². The third kappa shape index (κ3) is 7.63. The molecule has 86 valence electrons. The van der Waals surface area contributed by atoms with Gasteiger partial charge in [-0.15, -0.1) is 0 Å². The van der Waals surface area contributed by atoms with Gasteiger partial charge < -0.3 is 16.6 Å². The van der Waals surface area contributed by atoms with Gasteiger partial charge in [-0.3, -0.25) is 9.79 Å². The molecule has 5 nitrogen and oxygen atoms in total. The lowest BCUT2D eigenvalue weighted by molar-refractivity contribution is -0.138. The van der Waals surface area contributed by atoms with E-state index in [4.69, 9.17) is 16.6 Å². The number of rotatable bonds is 6. The van der Waals surface area contributed by atoms with Gasteiger partial charge in [-0.25, -0.2) is 4.39 Å². The van der Waals surface area contributed by atoms with Gasteiger partial charge in [-0.05, 0) is 13.3 Å². The number of aliphatic imine (C=N–C) groups is 1. The molecule has 0 radical (unpaired) electrons.